The number of anilines is 2. The fraction of sp³-hybridized carbons (Fsp3) is 0.357. The number of amides is 2. The molecule has 19 heavy (non-hydrogen) atoms. The van der Waals surface area contributed by atoms with Crippen LogP contribution in [-0.4, -0.2) is 24.1 Å². The summed E-state index contributed by atoms with van der Waals surface area (Å²) in [6.07, 6.45) is 0.669. The number of nitrogens with zero attached hydrogens (tertiary/aromatic N) is 1. The first-order chi connectivity index (χ1) is 8.97. The van der Waals surface area contributed by atoms with E-state index >= 15 is 0 Å². The predicted molar refractivity (Wildman–Crippen MR) is 72.1 cm³/mol. The maximum atomic E-state index is 11.5. The molecule has 0 radical (unpaired) electrons. The number of carbonyl (C=O) groups excluding carboxylic acids is 3. The van der Waals surface area contributed by atoms with E-state index in [2.05, 4.69) is 5.32 Å². The van der Waals surface area contributed by atoms with Crippen molar-refractivity contribution >= 4 is 29.0 Å². The summed E-state index contributed by atoms with van der Waals surface area (Å²) in [5.41, 5.74) is 2.60. The number of Topliss-reactive ketones (excluding diaryl/α,β-unsaturated/α-hetero) is 1. The lowest BCUT2D eigenvalue weighted by molar-refractivity contribution is -0.124. The maximum Gasteiger partial charge on any atom is 0.231 e. The second-order valence-electron chi connectivity index (χ2n) is 4.69. The molecule has 0 aromatic heterocycles. The van der Waals surface area contributed by atoms with Crippen LogP contribution in [0.5, 0.6) is 0 Å². The van der Waals surface area contributed by atoms with Gasteiger partial charge in [-0.05, 0) is 37.1 Å². The van der Waals surface area contributed by atoms with E-state index in [-0.39, 0.29) is 24.0 Å². The molecule has 0 unspecified atom stereocenters. The summed E-state index contributed by atoms with van der Waals surface area (Å²) in [6.45, 7) is 3.60. The third-order valence-electron chi connectivity index (χ3n) is 3.05. The molecule has 2 amide bonds. The molecule has 0 saturated heterocycles. The van der Waals surface area contributed by atoms with E-state index in [1.54, 1.807) is 11.0 Å². The molecule has 5 nitrogen and oxygen atoms in total. The molecular weight excluding hydrogens is 244 g/mol. The third kappa shape index (κ3) is 2.99. The summed E-state index contributed by atoms with van der Waals surface area (Å²) in [7, 11) is 0. The Hall–Kier alpha value is -2.17. The van der Waals surface area contributed by atoms with Crippen molar-refractivity contribution < 1.29 is 14.4 Å². The third-order valence-corrected chi connectivity index (χ3v) is 3.05. The molecule has 0 saturated carbocycles. The summed E-state index contributed by atoms with van der Waals surface area (Å²) >= 11 is 0. The SMILES string of the molecule is CC(=O)CC(=O)Nc1ccc2c(c1)CCN2C(C)=O. The van der Waals surface area contributed by atoms with Gasteiger partial charge in [0.05, 0.1) is 6.42 Å². The Morgan fingerprint density at radius 2 is 2.00 bits per heavy atom. The molecular formula is C14H16N2O3. The Labute approximate surface area is 111 Å². The predicted octanol–water partition coefficient (Wildman–Crippen LogP) is 1.51. The van der Waals surface area contributed by atoms with Crippen molar-refractivity contribution in [3.05, 3.63) is 23.8 Å². The van der Waals surface area contributed by atoms with Gasteiger partial charge in [0.1, 0.15) is 5.78 Å². The van der Waals surface area contributed by atoms with Crippen LogP contribution in [0.25, 0.3) is 0 Å². The molecule has 1 N–H and O–H groups in total. The van der Waals surface area contributed by atoms with Crippen LogP contribution in [0.3, 0.4) is 0 Å². The highest BCUT2D eigenvalue weighted by Gasteiger charge is 2.22. The number of nitrogens with one attached hydrogen (secondary N) is 1. The van der Waals surface area contributed by atoms with Crippen LogP contribution in [0.4, 0.5) is 11.4 Å². The molecule has 2 rings (SSSR count). The van der Waals surface area contributed by atoms with Crippen LogP contribution >= 0.6 is 0 Å². The van der Waals surface area contributed by atoms with Crippen LogP contribution in [0.1, 0.15) is 25.8 Å². The summed E-state index contributed by atoms with van der Waals surface area (Å²) in [4.78, 5) is 35.5. The molecule has 0 bridgehead atoms. The highest BCUT2D eigenvalue weighted by atomic mass is 16.2. The fourth-order valence-corrected chi connectivity index (χ4v) is 2.24. The fourth-order valence-electron chi connectivity index (χ4n) is 2.24. The molecule has 1 aromatic rings. The van der Waals surface area contributed by atoms with Gasteiger partial charge in [-0.2, -0.15) is 0 Å². The summed E-state index contributed by atoms with van der Waals surface area (Å²) in [5.74, 6) is -0.456. The standard InChI is InChI=1S/C14H16N2O3/c1-9(17)7-14(19)15-12-3-4-13-11(8-12)5-6-16(13)10(2)18/h3-4,8H,5-7H2,1-2H3,(H,15,19). The minimum atomic E-state index is -0.311. The van der Waals surface area contributed by atoms with Crippen LogP contribution in [-0.2, 0) is 20.8 Å². The van der Waals surface area contributed by atoms with E-state index in [9.17, 15) is 14.4 Å². The monoisotopic (exact) mass is 260 g/mol. The van der Waals surface area contributed by atoms with Crippen LogP contribution in [0, 0.1) is 0 Å². The summed E-state index contributed by atoms with van der Waals surface area (Å²) in [6, 6.07) is 5.43. The molecule has 100 valence electrons. The van der Waals surface area contributed by atoms with E-state index in [4.69, 9.17) is 0 Å². The first-order valence-corrected chi connectivity index (χ1v) is 6.17. The topological polar surface area (TPSA) is 66.5 Å². The molecule has 5 heteroatoms. The Kier molecular flexibility index (Phi) is 3.64. The Balaban J connectivity index is 2.13. The molecule has 1 heterocycles. The molecule has 0 atom stereocenters. The molecule has 0 spiro atoms. The number of benzene rings is 1. The molecule has 1 aliphatic heterocycles. The second kappa shape index (κ2) is 5.22. The van der Waals surface area contributed by atoms with Gasteiger partial charge in [0.15, 0.2) is 0 Å². The van der Waals surface area contributed by atoms with Gasteiger partial charge in [-0.1, -0.05) is 0 Å². The highest BCUT2D eigenvalue weighted by Crippen LogP contribution is 2.30. The number of hydrogen-bond donors (Lipinski definition) is 1. The quantitative estimate of drug-likeness (QED) is 0.838. The van der Waals surface area contributed by atoms with E-state index in [1.807, 2.05) is 12.1 Å². The molecule has 0 fully saturated rings. The zero-order valence-corrected chi connectivity index (χ0v) is 11.0. The van der Waals surface area contributed by atoms with E-state index < -0.39 is 0 Å². The minimum Gasteiger partial charge on any atom is -0.326 e. The van der Waals surface area contributed by atoms with Crippen LogP contribution in [0.2, 0.25) is 0 Å². The Bertz CT molecular complexity index is 552. The van der Waals surface area contributed by atoms with Crippen LogP contribution in [0.15, 0.2) is 18.2 Å². The van der Waals surface area contributed by atoms with Crippen molar-refractivity contribution in [1.29, 1.82) is 0 Å². The lowest BCUT2D eigenvalue weighted by Crippen LogP contribution is -2.25. The molecule has 1 aromatic carbocycles. The zero-order chi connectivity index (χ0) is 14.0. The van der Waals surface area contributed by atoms with Gasteiger partial charge in [-0.3, -0.25) is 14.4 Å². The Morgan fingerprint density at radius 3 is 2.63 bits per heavy atom. The number of carbonyl (C=O) groups is 3. The van der Waals surface area contributed by atoms with Gasteiger partial charge in [0.2, 0.25) is 11.8 Å². The summed E-state index contributed by atoms with van der Waals surface area (Å²) < 4.78 is 0. The van der Waals surface area contributed by atoms with Crippen molar-refractivity contribution in [3.8, 4) is 0 Å². The zero-order valence-electron chi connectivity index (χ0n) is 11.0. The van der Waals surface area contributed by atoms with Crippen molar-refractivity contribution in [2.45, 2.75) is 26.7 Å². The number of hydrogen-bond acceptors (Lipinski definition) is 3. The second-order valence-corrected chi connectivity index (χ2v) is 4.69. The first kappa shape index (κ1) is 13.3. The largest absolute Gasteiger partial charge is 0.326 e. The van der Waals surface area contributed by atoms with Gasteiger partial charge in [-0.15, -0.1) is 0 Å². The lowest BCUT2D eigenvalue weighted by atomic mass is 10.1. The van der Waals surface area contributed by atoms with Crippen molar-refractivity contribution in [1.82, 2.24) is 0 Å². The van der Waals surface area contributed by atoms with E-state index in [0.717, 1.165) is 17.7 Å². The van der Waals surface area contributed by atoms with Gasteiger partial charge >= 0.3 is 0 Å². The van der Waals surface area contributed by atoms with Gasteiger partial charge in [0, 0.05) is 24.8 Å². The van der Waals surface area contributed by atoms with Crippen molar-refractivity contribution in [2.24, 2.45) is 0 Å². The van der Waals surface area contributed by atoms with E-state index in [1.165, 1.54) is 13.8 Å². The average molecular weight is 260 g/mol. The van der Waals surface area contributed by atoms with Gasteiger partial charge < -0.3 is 10.2 Å². The van der Waals surface area contributed by atoms with E-state index in [0.29, 0.717) is 12.2 Å². The lowest BCUT2D eigenvalue weighted by Gasteiger charge is -2.15. The van der Waals surface area contributed by atoms with Crippen LogP contribution < -0.4 is 10.2 Å². The molecule has 1 aliphatic rings. The van der Waals surface area contributed by atoms with Gasteiger partial charge in [0.25, 0.3) is 0 Å². The van der Waals surface area contributed by atoms with Gasteiger partial charge in [-0.25, -0.2) is 0 Å². The first-order valence-electron chi connectivity index (χ1n) is 6.17. The summed E-state index contributed by atoms with van der Waals surface area (Å²) in [5, 5.41) is 2.68. The number of fused-ring (bicyclic) bond motifs is 1. The normalized spacial score (nSPS) is 13.1. The maximum absolute atomic E-state index is 11.5. The van der Waals surface area contributed by atoms with Crippen molar-refractivity contribution in [2.75, 3.05) is 16.8 Å². The van der Waals surface area contributed by atoms with Crippen molar-refractivity contribution in [3.63, 3.8) is 0 Å². The smallest absolute Gasteiger partial charge is 0.231 e. The Morgan fingerprint density at radius 1 is 1.26 bits per heavy atom. The average Bonchev–Trinajstić information content (AvgIpc) is 2.70. The number of ketones is 1. The highest BCUT2D eigenvalue weighted by molar-refractivity contribution is 6.03. The minimum absolute atomic E-state index is 0.0205. The number of rotatable bonds is 3. The molecule has 0 aliphatic carbocycles.